The molecule has 3 nitrogen and oxygen atoms in total. The maximum Gasteiger partial charge on any atom is 0.303 e. The summed E-state index contributed by atoms with van der Waals surface area (Å²) in [5.41, 5.74) is 0. The molecule has 3 heteroatoms. The Labute approximate surface area is 153 Å². The van der Waals surface area contributed by atoms with Crippen LogP contribution in [0.3, 0.4) is 0 Å². The maximum absolute atomic E-state index is 10.5. The molecule has 5 atom stereocenters. The molecule has 142 valence electrons. The number of rotatable bonds is 12. The van der Waals surface area contributed by atoms with Gasteiger partial charge < -0.3 is 10.2 Å². The first-order valence-electron chi connectivity index (χ1n) is 10.3. The average Bonchev–Trinajstić information content (AvgIpc) is 3.17. The molecule has 0 radical (unpaired) electrons. The van der Waals surface area contributed by atoms with Gasteiger partial charge in [0.05, 0.1) is 6.10 Å². The number of aliphatic hydroxyl groups is 1. The minimum absolute atomic E-state index is 0.264. The normalized spacial score (nSPS) is 29.8. The predicted molar refractivity (Wildman–Crippen MR) is 102 cm³/mol. The zero-order valence-corrected chi connectivity index (χ0v) is 15.8. The summed E-state index contributed by atoms with van der Waals surface area (Å²) in [6.07, 6.45) is 20.0. The van der Waals surface area contributed by atoms with Crippen molar-refractivity contribution in [1.82, 2.24) is 0 Å². The lowest BCUT2D eigenvalue weighted by atomic mass is 9.77. The number of allylic oxidation sites excluding steroid dienone is 3. The van der Waals surface area contributed by atoms with Crippen molar-refractivity contribution in [3.05, 3.63) is 24.3 Å². The van der Waals surface area contributed by atoms with Gasteiger partial charge in [0.25, 0.3) is 0 Å². The van der Waals surface area contributed by atoms with Crippen molar-refractivity contribution in [2.45, 2.75) is 83.7 Å². The van der Waals surface area contributed by atoms with Gasteiger partial charge >= 0.3 is 5.97 Å². The van der Waals surface area contributed by atoms with Crippen LogP contribution in [0.25, 0.3) is 0 Å². The van der Waals surface area contributed by atoms with Crippen LogP contribution in [-0.4, -0.2) is 22.3 Å². The van der Waals surface area contributed by atoms with E-state index >= 15 is 0 Å². The van der Waals surface area contributed by atoms with Gasteiger partial charge in [-0.05, 0) is 68.6 Å². The second-order valence-corrected chi connectivity index (χ2v) is 8.02. The number of aliphatic carboxylic acids is 1. The molecule has 2 bridgehead atoms. The molecule has 0 aromatic heterocycles. The highest BCUT2D eigenvalue weighted by Crippen LogP contribution is 2.54. The minimum atomic E-state index is -0.704. The van der Waals surface area contributed by atoms with E-state index in [1.54, 1.807) is 0 Å². The van der Waals surface area contributed by atoms with Gasteiger partial charge in [0.1, 0.15) is 0 Å². The monoisotopic (exact) mass is 348 g/mol. The number of carbonyl (C=O) groups is 1. The third-order valence-electron chi connectivity index (χ3n) is 6.15. The molecule has 0 spiro atoms. The number of hydrogen-bond acceptors (Lipinski definition) is 2. The van der Waals surface area contributed by atoms with E-state index in [1.807, 2.05) is 0 Å². The van der Waals surface area contributed by atoms with Gasteiger partial charge in [-0.3, -0.25) is 4.79 Å². The molecule has 0 amide bonds. The van der Waals surface area contributed by atoms with Crippen LogP contribution in [0.5, 0.6) is 0 Å². The molecule has 0 aliphatic heterocycles. The first-order valence-corrected chi connectivity index (χ1v) is 10.3. The molecule has 0 saturated heterocycles. The van der Waals surface area contributed by atoms with Gasteiger partial charge in [-0.2, -0.15) is 0 Å². The molecule has 2 saturated carbocycles. The molecule has 2 unspecified atom stereocenters. The summed E-state index contributed by atoms with van der Waals surface area (Å²) in [5, 5.41) is 18.8. The quantitative estimate of drug-likeness (QED) is 0.369. The third kappa shape index (κ3) is 6.62. The van der Waals surface area contributed by atoms with E-state index in [4.69, 9.17) is 5.11 Å². The highest BCUT2D eigenvalue weighted by atomic mass is 16.4. The van der Waals surface area contributed by atoms with Gasteiger partial charge in [0.15, 0.2) is 0 Å². The molecule has 2 fully saturated rings. The van der Waals surface area contributed by atoms with Crippen molar-refractivity contribution in [2.75, 3.05) is 0 Å². The third-order valence-corrected chi connectivity index (χ3v) is 6.15. The Morgan fingerprint density at radius 2 is 1.96 bits per heavy atom. The fourth-order valence-corrected chi connectivity index (χ4v) is 4.80. The van der Waals surface area contributed by atoms with E-state index in [2.05, 4.69) is 31.2 Å². The van der Waals surface area contributed by atoms with Crippen molar-refractivity contribution < 1.29 is 15.0 Å². The van der Waals surface area contributed by atoms with Crippen molar-refractivity contribution in [3.63, 3.8) is 0 Å². The lowest BCUT2D eigenvalue weighted by Gasteiger charge is -2.28. The van der Waals surface area contributed by atoms with E-state index in [0.717, 1.165) is 43.9 Å². The van der Waals surface area contributed by atoms with E-state index < -0.39 is 5.97 Å². The second kappa shape index (κ2) is 10.8. The number of hydrogen-bond donors (Lipinski definition) is 2. The second-order valence-electron chi connectivity index (χ2n) is 8.02. The van der Waals surface area contributed by atoms with Crippen LogP contribution in [0, 0.1) is 23.7 Å². The van der Waals surface area contributed by atoms with Crippen LogP contribution in [0.4, 0.5) is 0 Å². The molecule has 0 heterocycles. The van der Waals surface area contributed by atoms with Gasteiger partial charge in [0, 0.05) is 6.42 Å². The Kier molecular flexibility index (Phi) is 8.74. The van der Waals surface area contributed by atoms with Crippen LogP contribution in [0.2, 0.25) is 0 Å². The van der Waals surface area contributed by atoms with Crippen molar-refractivity contribution >= 4 is 5.97 Å². The van der Waals surface area contributed by atoms with Crippen molar-refractivity contribution in [1.29, 1.82) is 0 Å². The number of carboxylic acids is 1. The Morgan fingerprint density at radius 3 is 2.72 bits per heavy atom. The van der Waals surface area contributed by atoms with Gasteiger partial charge in [0.2, 0.25) is 0 Å². The summed E-state index contributed by atoms with van der Waals surface area (Å²) in [6.45, 7) is 2.19. The standard InChI is InChI=1S/C22H36O3/c1-2-3-6-9-19(23)14-15-21-18-13-12-17(16-18)20(21)10-7-4-5-8-11-22(24)25/h4,7,14-15,17-21,23H,2-3,5-6,8-13,16H2,1H3,(H,24,25)/b7-4-,15-14+/t17?,18?,19-,20+,21+/m1/s1. The number of fused-ring (bicyclic) bond motifs is 2. The average molecular weight is 349 g/mol. The van der Waals surface area contributed by atoms with Gasteiger partial charge in [-0.15, -0.1) is 0 Å². The summed E-state index contributed by atoms with van der Waals surface area (Å²) in [4.78, 5) is 10.5. The maximum atomic E-state index is 10.5. The molecular formula is C22H36O3. The molecule has 25 heavy (non-hydrogen) atoms. The first kappa shape index (κ1) is 20.2. The summed E-state index contributed by atoms with van der Waals surface area (Å²) in [6, 6.07) is 0. The molecule has 0 aromatic rings. The van der Waals surface area contributed by atoms with Crippen LogP contribution in [-0.2, 0) is 4.79 Å². The van der Waals surface area contributed by atoms with Crippen LogP contribution >= 0.6 is 0 Å². The fourth-order valence-electron chi connectivity index (χ4n) is 4.80. The fraction of sp³-hybridized carbons (Fsp3) is 0.773. The lowest BCUT2D eigenvalue weighted by molar-refractivity contribution is -0.137. The molecule has 2 N–H and O–H groups in total. The molecule has 2 aliphatic carbocycles. The summed E-state index contributed by atoms with van der Waals surface area (Å²) in [7, 11) is 0. The highest BCUT2D eigenvalue weighted by Gasteiger charge is 2.45. The minimum Gasteiger partial charge on any atom is -0.481 e. The number of unbranched alkanes of at least 4 members (excludes halogenated alkanes) is 3. The zero-order valence-electron chi connectivity index (χ0n) is 15.8. The predicted octanol–water partition coefficient (Wildman–Crippen LogP) is 5.35. The van der Waals surface area contributed by atoms with Crippen molar-refractivity contribution in [3.8, 4) is 0 Å². The summed E-state index contributed by atoms with van der Waals surface area (Å²) >= 11 is 0. The Balaban J connectivity index is 1.78. The topological polar surface area (TPSA) is 57.5 Å². The SMILES string of the molecule is CCCCC[C@@H](O)/C=C/[C@H]1C2CCC(C2)[C@@H]1C/C=C\CCCC(=O)O. The number of aliphatic hydroxyl groups excluding tert-OH is 1. The molecule has 2 rings (SSSR count). The van der Waals surface area contributed by atoms with Gasteiger partial charge in [-0.1, -0.05) is 50.5 Å². The molecule has 2 aliphatic rings. The Bertz CT molecular complexity index is 454. The zero-order chi connectivity index (χ0) is 18.1. The summed E-state index contributed by atoms with van der Waals surface area (Å²) < 4.78 is 0. The first-order chi connectivity index (χ1) is 12.1. The van der Waals surface area contributed by atoms with Crippen LogP contribution in [0.15, 0.2) is 24.3 Å². The molecular weight excluding hydrogens is 312 g/mol. The highest BCUT2D eigenvalue weighted by molar-refractivity contribution is 5.66. The van der Waals surface area contributed by atoms with Crippen LogP contribution < -0.4 is 0 Å². The summed E-state index contributed by atoms with van der Waals surface area (Å²) in [5.74, 6) is 2.30. The smallest absolute Gasteiger partial charge is 0.303 e. The van der Waals surface area contributed by atoms with Crippen LogP contribution in [0.1, 0.15) is 77.6 Å². The lowest BCUT2D eigenvalue weighted by Crippen LogP contribution is -2.20. The van der Waals surface area contributed by atoms with E-state index in [1.165, 1.54) is 32.1 Å². The Morgan fingerprint density at radius 1 is 1.16 bits per heavy atom. The molecule has 0 aromatic carbocycles. The van der Waals surface area contributed by atoms with Crippen molar-refractivity contribution in [2.24, 2.45) is 23.7 Å². The largest absolute Gasteiger partial charge is 0.481 e. The van der Waals surface area contributed by atoms with E-state index in [0.29, 0.717) is 11.8 Å². The van der Waals surface area contributed by atoms with E-state index in [9.17, 15) is 9.90 Å². The Hall–Kier alpha value is -1.09. The number of carboxylic acid groups (broad SMARTS) is 1. The van der Waals surface area contributed by atoms with E-state index in [-0.39, 0.29) is 12.5 Å². The van der Waals surface area contributed by atoms with Gasteiger partial charge in [-0.25, -0.2) is 0 Å².